The molecule has 3 saturated carbocycles. The minimum Gasteiger partial charge on any atom is -0.114 e. The Hall–Kier alpha value is 0.320. The molecule has 0 radical (unpaired) electrons. The maximum atomic E-state index is 7.06. The van der Waals surface area contributed by atoms with Gasteiger partial charge in [0.2, 0.25) is 0 Å². The Labute approximate surface area is 108 Å². The molecule has 0 aliphatic heterocycles. The molecule has 1 spiro atoms. The number of hydrogen-bond donors (Lipinski definition) is 0. The summed E-state index contributed by atoms with van der Waals surface area (Å²) in [6.07, 6.45) is 7.79. The minimum absolute atomic E-state index is 0.112. The predicted molar refractivity (Wildman–Crippen MR) is 69.9 cm³/mol. The van der Waals surface area contributed by atoms with Crippen LogP contribution in [0.25, 0.3) is 0 Å². The first-order valence-corrected chi connectivity index (χ1v) is 7.31. The lowest BCUT2D eigenvalue weighted by Gasteiger charge is -2.36. The zero-order valence-electron chi connectivity index (χ0n) is 10.2. The second-order valence-corrected chi connectivity index (χ2v) is 7.36. The first-order valence-electron chi connectivity index (χ1n) is 6.49. The van der Waals surface area contributed by atoms with Crippen LogP contribution in [0.3, 0.4) is 0 Å². The molecule has 0 amide bonds. The Kier molecular flexibility index (Phi) is 2.28. The highest BCUT2D eigenvalue weighted by atomic mass is 35.5. The van der Waals surface area contributed by atoms with Crippen LogP contribution in [-0.4, -0.2) is 4.87 Å². The zero-order valence-corrected chi connectivity index (χ0v) is 11.7. The van der Waals surface area contributed by atoms with Gasteiger partial charge in [0, 0.05) is 5.54 Å². The molecular weight excluding hydrogens is 239 g/mol. The smallest absolute Gasteiger partial charge is 0.0730 e. The average molecular weight is 259 g/mol. The highest BCUT2D eigenvalue weighted by Crippen LogP contribution is 2.77. The molecule has 3 aliphatic carbocycles. The van der Waals surface area contributed by atoms with E-state index < -0.39 is 0 Å². The molecule has 90 valence electrons. The molecule has 2 atom stereocenters. The largest absolute Gasteiger partial charge is 0.114 e. The van der Waals surface area contributed by atoms with Crippen molar-refractivity contribution in [3.05, 3.63) is 11.1 Å². The summed E-state index contributed by atoms with van der Waals surface area (Å²) in [6.45, 7) is 4.69. The van der Waals surface area contributed by atoms with Gasteiger partial charge in [-0.2, -0.15) is 0 Å². The van der Waals surface area contributed by atoms with Crippen LogP contribution in [0.1, 0.15) is 52.4 Å². The summed E-state index contributed by atoms with van der Waals surface area (Å²) in [5.41, 5.74) is 3.71. The fraction of sp³-hybridized carbons (Fsp3) is 0.857. The Morgan fingerprint density at radius 3 is 2.31 bits per heavy atom. The molecule has 0 nitrogen and oxygen atoms in total. The van der Waals surface area contributed by atoms with Gasteiger partial charge in [0.25, 0.3) is 0 Å². The van der Waals surface area contributed by atoms with Crippen molar-refractivity contribution in [3.8, 4) is 0 Å². The van der Waals surface area contributed by atoms with Gasteiger partial charge in [-0.05, 0) is 48.0 Å². The van der Waals surface area contributed by atoms with Crippen LogP contribution in [-0.2, 0) is 0 Å². The van der Waals surface area contributed by atoms with Gasteiger partial charge < -0.3 is 0 Å². The second kappa shape index (κ2) is 3.20. The Bertz CT molecular complexity index is 350. The zero-order chi connectivity index (χ0) is 11.6. The summed E-state index contributed by atoms with van der Waals surface area (Å²) in [5.74, 6) is 0.755. The molecule has 0 saturated heterocycles. The molecule has 2 unspecified atom stereocenters. The van der Waals surface area contributed by atoms with Crippen LogP contribution < -0.4 is 0 Å². The lowest BCUT2D eigenvalue weighted by atomic mass is 9.70. The molecule has 2 bridgehead atoms. The molecular formula is C14H20Cl2. The topological polar surface area (TPSA) is 0 Å². The van der Waals surface area contributed by atoms with Crippen molar-refractivity contribution in [1.82, 2.24) is 0 Å². The maximum absolute atomic E-state index is 7.06. The van der Waals surface area contributed by atoms with E-state index in [9.17, 15) is 0 Å². The molecule has 0 aromatic rings. The van der Waals surface area contributed by atoms with Gasteiger partial charge in [-0.15, -0.1) is 11.6 Å². The summed E-state index contributed by atoms with van der Waals surface area (Å²) >= 11 is 13.1. The van der Waals surface area contributed by atoms with Crippen LogP contribution in [0.5, 0.6) is 0 Å². The van der Waals surface area contributed by atoms with Gasteiger partial charge in [0.15, 0.2) is 0 Å². The highest BCUT2D eigenvalue weighted by Gasteiger charge is 2.72. The highest BCUT2D eigenvalue weighted by molar-refractivity contribution is 6.30. The van der Waals surface area contributed by atoms with Crippen LogP contribution >= 0.6 is 23.2 Å². The van der Waals surface area contributed by atoms with E-state index in [1.165, 1.54) is 37.7 Å². The lowest BCUT2D eigenvalue weighted by Crippen LogP contribution is -2.35. The third-order valence-electron chi connectivity index (χ3n) is 5.83. The van der Waals surface area contributed by atoms with Crippen molar-refractivity contribution in [2.75, 3.05) is 0 Å². The Morgan fingerprint density at radius 2 is 1.81 bits per heavy atom. The van der Waals surface area contributed by atoms with Gasteiger partial charge in [0.1, 0.15) is 0 Å². The number of hydrogen-bond acceptors (Lipinski definition) is 0. The van der Waals surface area contributed by atoms with Crippen molar-refractivity contribution < 1.29 is 0 Å². The fourth-order valence-corrected chi connectivity index (χ4v) is 6.53. The normalized spacial score (nSPS) is 46.0. The van der Waals surface area contributed by atoms with Crippen LogP contribution in [0, 0.1) is 16.7 Å². The number of rotatable bonds is 0. The third kappa shape index (κ3) is 1.00. The maximum Gasteiger partial charge on any atom is 0.0730 e. The molecule has 0 aromatic heterocycles. The summed E-state index contributed by atoms with van der Waals surface area (Å²) in [5, 5.41) is 0. The fourth-order valence-electron chi connectivity index (χ4n) is 5.28. The van der Waals surface area contributed by atoms with Gasteiger partial charge in [-0.25, -0.2) is 0 Å². The second-order valence-electron chi connectivity index (χ2n) is 6.50. The summed E-state index contributed by atoms with van der Waals surface area (Å²) < 4.78 is 0. The van der Waals surface area contributed by atoms with Gasteiger partial charge in [-0.1, -0.05) is 38.3 Å². The number of halogens is 2. The molecule has 0 aromatic carbocycles. The molecule has 3 fully saturated rings. The molecule has 16 heavy (non-hydrogen) atoms. The Balaban J connectivity index is 2.18. The van der Waals surface area contributed by atoms with E-state index >= 15 is 0 Å². The Morgan fingerprint density at radius 1 is 1.19 bits per heavy atom. The van der Waals surface area contributed by atoms with E-state index in [0.717, 1.165) is 12.3 Å². The van der Waals surface area contributed by atoms with E-state index in [4.69, 9.17) is 23.2 Å². The van der Waals surface area contributed by atoms with Gasteiger partial charge in [-0.3, -0.25) is 0 Å². The summed E-state index contributed by atoms with van der Waals surface area (Å²) in [4.78, 5) is -0.112. The van der Waals surface area contributed by atoms with Crippen LogP contribution in [0.4, 0.5) is 0 Å². The first kappa shape index (κ1) is 11.4. The molecule has 2 heteroatoms. The lowest BCUT2D eigenvalue weighted by molar-refractivity contribution is 0.154. The van der Waals surface area contributed by atoms with Crippen molar-refractivity contribution >= 4 is 23.2 Å². The van der Waals surface area contributed by atoms with Gasteiger partial charge in [0.05, 0.1) is 4.87 Å². The summed E-state index contributed by atoms with van der Waals surface area (Å²) in [7, 11) is 0. The molecule has 0 heterocycles. The standard InChI is InChI=1S/C14H20Cl2/c1-12(2)10-5-8-14(16,11(12)9-15)13(10)6-3-4-7-13/h9-10H,3-8H2,1-2H3/b11-9+. The van der Waals surface area contributed by atoms with E-state index in [1.54, 1.807) is 5.54 Å². The number of alkyl halides is 1. The van der Waals surface area contributed by atoms with Crippen molar-refractivity contribution in [3.63, 3.8) is 0 Å². The van der Waals surface area contributed by atoms with Crippen molar-refractivity contribution in [2.24, 2.45) is 16.7 Å². The molecule has 3 aliphatic rings. The third-order valence-corrected chi connectivity index (χ3v) is 6.82. The predicted octanol–water partition coefficient (Wildman–Crippen LogP) is 5.10. The van der Waals surface area contributed by atoms with Crippen molar-refractivity contribution in [2.45, 2.75) is 57.2 Å². The van der Waals surface area contributed by atoms with E-state index in [0.29, 0.717) is 5.41 Å². The quantitative estimate of drug-likeness (QED) is 0.531. The van der Waals surface area contributed by atoms with Crippen LogP contribution in [0.15, 0.2) is 11.1 Å². The number of allylic oxidation sites excluding steroid dienone is 1. The molecule has 0 N–H and O–H groups in total. The monoisotopic (exact) mass is 258 g/mol. The van der Waals surface area contributed by atoms with Crippen molar-refractivity contribution in [1.29, 1.82) is 0 Å². The van der Waals surface area contributed by atoms with Gasteiger partial charge >= 0.3 is 0 Å². The van der Waals surface area contributed by atoms with E-state index in [2.05, 4.69) is 13.8 Å². The summed E-state index contributed by atoms with van der Waals surface area (Å²) in [6, 6.07) is 0. The van der Waals surface area contributed by atoms with E-state index in [-0.39, 0.29) is 10.3 Å². The minimum atomic E-state index is -0.112. The van der Waals surface area contributed by atoms with Crippen LogP contribution in [0.2, 0.25) is 0 Å². The molecule has 3 rings (SSSR count). The SMILES string of the molecule is CC1(C)/C(=C\Cl)C2(Cl)CCC1C21CCCC1. The van der Waals surface area contributed by atoms with E-state index in [1.807, 2.05) is 0 Å². The average Bonchev–Trinajstić information content (AvgIpc) is 2.80. The first-order chi connectivity index (χ1) is 7.49.